The predicted molar refractivity (Wildman–Crippen MR) is 120 cm³/mol. The van der Waals surface area contributed by atoms with Gasteiger partial charge in [-0.2, -0.15) is 0 Å². The number of rotatable bonds is 7. The molecule has 0 fully saturated rings. The normalized spacial score (nSPS) is 11.3. The van der Waals surface area contributed by atoms with Gasteiger partial charge in [-0.05, 0) is 54.5 Å². The average Bonchev–Trinajstić information content (AvgIpc) is 3.22. The van der Waals surface area contributed by atoms with Gasteiger partial charge in [0.25, 0.3) is 15.9 Å². The fourth-order valence-corrected chi connectivity index (χ4v) is 5.24. The van der Waals surface area contributed by atoms with Gasteiger partial charge in [0.1, 0.15) is 4.88 Å². The average molecular weight is 447 g/mol. The summed E-state index contributed by atoms with van der Waals surface area (Å²) < 4.78 is 27.1. The number of sulfonamides is 1. The van der Waals surface area contributed by atoms with Crippen molar-refractivity contribution in [2.24, 2.45) is 0 Å². The Morgan fingerprint density at radius 1 is 1.07 bits per heavy atom. The van der Waals surface area contributed by atoms with Crippen molar-refractivity contribution >= 4 is 44.7 Å². The van der Waals surface area contributed by atoms with Crippen LogP contribution in [-0.4, -0.2) is 27.6 Å². The molecule has 3 aromatic rings. The van der Waals surface area contributed by atoms with Gasteiger partial charge in [0.15, 0.2) is 0 Å². The van der Waals surface area contributed by atoms with Crippen LogP contribution in [0.15, 0.2) is 69.8 Å². The van der Waals surface area contributed by atoms with Gasteiger partial charge in [-0.25, -0.2) is 8.42 Å². The van der Waals surface area contributed by atoms with Crippen LogP contribution in [-0.2, 0) is 16.6 Å². The minimum atomic E-state index is -3.75. The van der Waals surface area contributed by atoms with Crippen molar-refractivity contribution in [1.29, 1.82) is 0 Å². The number of nitrogens with one attached hydrogen (secondary N) is 1. The first-order chi connectivity index (χ1) is 13.8. The fraction of sp³-hybridized carbons (Fsp3) is 0.190. The molecule has 5 nitrogen and oxygen atoms in total. The molecule has 2 aromatic carbocycles. The maximum atomic E-state index is 13.0. The van der Waals surface area contributed by atoms with Crippen LogP contribution in [0.1, 0.15) is 20.8 Å². The maximum Gasteiger partial charge on any atom is 0.264 e. The number of amides is 1. The summed E-state index contributed by atoms with van der Waals surface area (Å²) in [4.78, 5) is 14.4. The number of hydrogen-bond acceptors (Lipinski definition) is 5. The Hall–Kier alpha value is -2.29. The van der Waals surface area contributed by atoms with Crippen LogP contribution < -0.4 is 9.62 Å². The summed E-state index contributed by atoms with van der Waals surface area (Å²) in [5.41, 5.74) is 2.33. The molecule has 3 rings (SSSR count). The number of aryl methyl sites for hydroxylation is 1. The van der Waals surface area contributed by atoms with E-state index in [1.807, 2.05) is 37.4 Å². The first-order valence-corrected chi connectivity index (χ1v) is 12.4. The van der Waals surface area contributed by atoms with E-state index >= 15 is 0 Å². The van der Waals surface area contributed by atoms with Crippen molar-refractivity contribution in [1.82, 2.24) is 5.32 Å². The van der Waals surface area contributed by atoms with Crippen molar-refractivity contribution in [2.45, 2.75) is 23.3 Å². The van der Waals surface area contributed by atoms with Gasteiger partial charge in [0.2, 0.25) is 0 Å². The van der Waals surface area contributed by atoms with E-state index in [0.29, 0.717) is 17.1 Å². The lowest BCUT2D eigenvalue weighted by Gasteiger charge is -2.20. The Balaban J connectivity index is 1.76. The Bertz CT molecular complexity index is 1090. The van der Waals surface area contributed by atoms with Gasteiger partial charge >= 0.3 is 0 Å². The minimum Gasteiger partial charge on any atom is -0.347 e. The number of hydrogen-bond donors (Lipinski definition) is 1. The van der Waals surface area contributed by atoms with Gasteiger partial charge in [-0.15, -0.1) is 23.1 Å². The molecular formula is C21H22N2O3S3. The third-order valence-corrected chi connectivity index (χ3v) is 7.91. The third-order valence-electron chi connectivity index (χ3n) is 4.48. The summed E-state index contributed by atoms with van der Waals surface area (Å²) in [6.45, 7) is 2.27. The van der Waals surface area contributed by atoms with Crippen LogP contribution in [0.4, 0.5) is 5.69 Å². The SMILES string of the molecule is CSc1ccc(CNC(=O)c2sccc2N(C)S(=O)(=O)c2ccc(C)cc2)cc1. The molecule has 0 saturated heterocycles. The molecule has 1 heterocycles. The summed E-state index contributed by atoms with van der Waals surface area (Å²) >= 11 is 2.88. The molecule has 0 bridgehead atoms. The van der Waals surface area contributed by atoms with Gasteiger partial charge in [-0.3, -0.25) is 9.10 Å². The van der Waals surface area contributed by atoms with Crippen LogP contribution in [0, 0.1) is 6.92 Å². The van der Waals surface area contributed by atoms with Gasteiger partial charge in [0, 0.05) is 18.5 Å². The number of nitrogens with zero attached hydrogens (tertiary/aromatic N) is 1. The maximum absolute atomic E-state index is 13.0. The largest absolute Gasteiger partial charge is 0.347 e. The number of carbonyl (C=O) groups excluding carboxylic acids is 1. The number of thiophene rings is 1. The van der Waals surface area contributed by atoms with Gasteiger partial charge in [0.05, 0.1) is 10.6 Å². The Morgan fingerprint density at radius 3 is 2.34 bits per heavy atom. The number of anilines is 1. The number of thioether (sulfide) groups is 1. The van der Waals surface area contributed by atoms with E-state index in [2.05, 4.69) is 5.32 Å². The highest BCUT2D eigenvalue weighted by Gasteiger charge is 2.26. The smallest absolute Gasteiger partial charge is 0.264 e. The topological polar surface area (TPSA) is 66.5 Å². The Morgan fingerprint density at radius 2 is 1.72 bits per heavy atom. The highest BCUT2D eigenvalue weighted by Crippen LogP contribution is 2.30. The summed E-state index contributed by atoms with van der Waals surface area (Å²) in [5, 5.41) is 4.60. The number of carbonyl (C=O) groups is 1. The Labute approximate surface area is 179 Å². The molecule has 0 aliphatic carbocycles. The van der Waals surface area contributed by atoms with E-state index in [1.54, 1.807) is 47.5 Å². The molecular weight excluding hydrogens is 424 g/mol. The summed E-state index contributed by atoms with van der Waals surface area (Å²) in [6.07, 6.45) is 2.01. The second-order valence-corrected chi connectivity index (χ2v) is 10.2. The minimum absolute atomic E-state index is 0.192. The van der Waals surface area contributed by atoms with Crippen molar-refractivity contribution in [3.05, 3.63) is 76.0 Å². The number of benzene rings is 2. The molecule has 29 heavy (non-hydrogen) atoms. The first-order valence-electron chi connectivity index (χ1n) is 8.87. The van der Waals surface area contributed by atoms with E-state index in [0.717, 1.165) is 20.3 Å². The second-order valence-electron chi connectivity index (χ2n) is 6.45. The lowest BCUT2D eigenvalue weighted by Crippen LogP contribution is -2.29. The fourth-order valence-electron chi connectivity index (χ4n) is 2.72. The highest BCUT2D eigenvalue weighted by atomic mass is 32.2. The molecule has 0 aliphatic heterocycles. The Kier molecular flexibility index (Phi) is 6.66. The summed E-state index contributed by atoms with van der Waals surface area (Å²) in [5.74, 6) is -0.296. The van der Waals surface area contributed by atoms with Gasteiger partial charge < -0.3 is 5.32 Å². The standard InChI is InChI=1S/C21H22N2O3S3/c1-15-4-10-18(11-5-15)29(25,26)23(2)19-12-13-28-20(19)21(24)22-14-16-6-8-17(27-3)9-7-16/h4-13H,14H2,1-3H3,(H,22,24). The zero-order valence-corrected chi connectivity index (χ0v) is 18.8. The first kappa shape index (κ1) is 21.4. The van der Waals surface area contributed by atoms with E-state index in [9.17, 15) is 13.2 Å². The monoisotopic (exact) mass is 446 g/mol. The summed E-state index contributed by atoms with van der Waals surface area (Å²) in [7, 11) is -2.28. The van der Waals surface area contributed by atoms with Crippen LogP contribution in [0.2, 0.25) is 0 Å². The van der Waals surface area contributed by atoms with Crippen LogP contribution in [0.25, 0.3) is 0 Å². The summed E-state index contributed by atoms with van der Waals surface area (Å²) in [6, 6.07) is 16.3. The van der Waals surface area contributed by atoms with E-state index in [-0.39, 0.29) is 10.8 Å². The van der Waals surface area contributed by atoms with Crippen molar-refractivity contribution in [3.63, 3.8) is 0 Å². The molecule has 0 spiro atoms. The van der Waals surface area contributed by atoms with E-state index in [4.69, 9.17) is 0 Å². The molecule has 0 saturated carbocycles. The van der Waals surface area contributed by atoms with E-state index in [1.165, 1.54) is 18.4 Å². The molecule has 1 aromatic heterocycles. The second kappa shape index (κ2) is 9.02. The quantitative estimate of drug-likeness (QED) is 0.542. The predicted octanol–water partition coefficient (Wildman–Crippen LogP) is 4.53. The lowest BCUT2D eigenvalue weighted by molar-refractivity contribution is 0.0955. The third kappa shape index (κ3) is 4.83. The van der Waals surface area contributed by atoms with Crippen molar-refractivity contribution in [3.8, 4) is 0 Å². The molecule has 1 amide bonds. The lowest BCUT2D eigenvalue weighted by atomic mass is 10.2. The zero-order chi connectivity index (χ0) is 21.0. The van der Waals surface area contributed by atoms with Crippen molar-refractivity contribution < 1.29 is 13.2 Å². The molecule has 152 valence electrons. The van der Waals surface area contributed by atoms with Crippen molar-refractivity contribution in [2.75, 3.05) is 17.6 Å². The molecule has 8 heteroatoms. The molecule has 0 atom stereocenters. The van der Waals surface area contributed by atoms with Crippen LogP contribution in [0.3, 0.4) is 0 Å². The molecule has 0 aliphatic rings. The highest BCUT2D eigenvalue weighted by molar-refractivity contribution is 7.98. The zero-order valence-electron chi connectivity index (χ0n) is 16.4. The van der Waals surface area contributed by atoms with E-state index < -0.39 is 10.0 Å². The molecule has 1 N–H and O–H groups in total. The molecule has 0 radical (unpaired) electrons. The van der Waals surface area contributed by atoms with Gasteiger partial charge in [-0.1, -0.05) is 29.8 Å². The van der Waals surface area contributed by atoms with Crippen LogP contribution >= 0.6 is 23.1 Å². The molecule has 0 unspecified atom stereocenters. The van der Waals surface area contributed by atoms with Crippen LogP contribution in [0.5, 0.6) is 0 Å².